The van der Waals surface area contributed by atoms with Crippen molar-refractivity contribution in [3.63, 3.8) is 0 Å². The molecule has 2 aromatic carbocycles. The lowest BCUT2D eigenvalue weighted by molar-refractivity contribution is -0.123. The van der Waals surface area contributed by atoms with Crippen molar-refractivity contribution in [2.24, 2.45) is 5.10 Å². The Hall–Kier alpha value is -3.12. The lowest BCUT2D eigenvalue weighted by Crippen LogP contribution is -2.26. The maximum atomic E-state index is 12.1. The Morgan fingerprint density at radius 3 is 2.73 bits per heavy atom. The van der Waals surface area contributed by atoms with Gasteiger partial charge >= 0.3 is 5.63 Å². The number of para-hydroxylation sites is 2. The fourth-order valence-corrected chi connectivity index (χ4v) is 2.45. The Morgan fingerprint density at radius 1 is 1.19 bits per heavy atom. The zero-order chi connectivity index (χ0) is 18.5. The molecule has 0 atom stereocenters. The van der Waals surface area contributed by atoms with Gasteiger partial charge in [-0.25, -0.2) is 10.2 Å². The van der Waals surface area contributed by atoms with Crippen LogP contribution < -0.4 is 15.8 Å². The van der Waals surface area contributed by atoms with Crippen molar-refractivity contribution in [2.45, 2.75) is 6.92 Å². The van der Waals surface area contributed by atoms with Gasteiger partial charge < -0.3 is 9.15 Å². The number of benzene rings is 2. The summed E-state index contributed by atoms with van der Waals surface area (Å²) in [6.07, 6.45) is 0. The Bertz CT molecular complexity index is 1040. The molecule has 1 aromatic heterocycles. The highest BCUT2D eigenvalue weighted by molar-refractivity contribution is 6.32. The normalized spacial score (nSPS) is 11.4. The predicted octanol–water partition coefficient (Wildman–Crippen LogP) is 3.37. The van der Waals surface area contributed by atoms with Crippen LogP contribution in [-0.2, 0) is 4.79 Å². The third-order valence-corrected chi connectivity index (χ3v) is 3.89. The molecule has 3 aromatic rings. The summed E-state index contributed by atoms with van der Waals surface area (Å²) in [7, 11) is 0. The molecule has 0 radical (unpaired) electrons. The second-order valence-corrected chi connectivity index (χ2v) is 5.84. The number of hydrogen-bond acceptors (Lipinski definition) is 5. The van der Waals surface area contributed by atoms with Gasteiger partial charge in [-0.05, 0) is 31.2 Å². The summed E-state index contributed by atoms with van der Waals surface area (Å²) >= 11 is 5.95. The van der Waals surface area contributed by atoms with Crippen molar-refractivity contribution in [1.29, 1.82) is 0 Å². The van der Waals surface area contributed by atoms with Gasteiger partial charge in [0, 0.05) is 5.39 Å². The van der Waals surface area contributed by atoms with E-state index in [2.05, 4.69) is 10.5 Å². The maximum Gasteiger partial charge on any atom is 0.345 e. The van der Waals surface area contributed by atoms with Crippen LogP contribution in [-0.4, -0.2) is 18.2 Å². The van der Waals surface area contributed by atoms with Crippen LogP contribution in [0.15, 0.2) is 68.9 Å². The van der Waals surface area contributed by atoms with Crippen LogP contribution in [0.25, 0.3) is 11.0 Å². The highest BCUT2D eigenvalue weighted by Gasteiger charge is 2.09. The highest BCUT2D eigenvalue weighted by atomic mass is 35.5. The van der Waals surface area contributed by atoms with Gasteiger partial charge in [-0.3, -0.25) is 4.79 Å². The average molecular weight is 371 g/mol. The summed E-state index contributed by atoms with van der Waals surface area (Å²) in [4.78, 5) is 23.9. The molecule has 0 aliphatic rings. The van der Waals surface area contributed by atoms with E-state index in [1.807, 2.05) is 12.1 Å². The Balaban J connectivity index is 1.68. The van der Waals surface area contributed by atoms with E-state index in [1.165, 1.54) is 0 Å². The van der Waals surface area contributed by atoms with Gasteiger partial charge in [-0.15, -0.1) is 0 Å². The van der Waals surface area contributed by atoms with E-state index in [0.29, 0.717) is 22.1 Å². The lowest BCUT2D eigenvalue weighted by Gasteiger charge is -2.07. The molecule has 0 spiro atoms. The summed E-state index contributed by atoms with van der Waals surface area (Å²) < 4.78 is 10.6. The molecule has 0 aliphatic heterocycles. The van der Waals surface area contributed by atoms with Crippen LogP contribution in [0.3, 0.4) is 0 Å². The topological polar surface area (TPSA) is 80.9 Å². The molecule has 26 heavy (non-hydrogen) atoms. The molecule has 0 saturated carbocycles. The van der Waals surface area contributed by atoms with Crippen LogP contribution in [0.2, 0.25) is 5.02 Å². The lowest BCUT2D eigenvalue weighted by atomic mass is 10.1. The number of nitrogens with zero attached hydrogens (tertiary/aromatic N) is 1. The van der Waals surface area contributed by atoms with E-state index in [-0.39, 0.29) is 12.2 Å². The van der Waals surface area contributed by atoms with Crippen molar-refractivity contribution in [3.8, 4) is 5.75 Å². The second kappa shape index (κ2) is 7.84. The Morgan fingerprint density at radius 2 is 1.92 bits per heavy atom. The summed E-state index contributed by atoms with van der Waals surface area (Å²) in [5.74, 6) is -0.0744. The van der Waals surface area contributed by atoms with E-state index in [4.69, 9.17) is 20.8 Å². The van der Waals surface area contributed by atoms with Gasteiger partial charge in [0.1, 0.15) is 11.3 Å². The summed E-state index contributed by atoms with van der Waals surface area (Å²) in [6, 6.07) is 15.7. The average Bonchev–Trinajstić information content (AvgIpc) is 2.65. The third kappa shape index (κ3) is 4.10. The molecule has 0 unspecified atom stereocenters. The molecular formula is C19H15ClN2O4. The molecule has 1 N–H and O–H groups in total. The zero-order valence-corrected chi connectivity index (χ0v) is 14.6. The van der Waals surface area contributed by atoms with Crippen LogP contribution in [0.4, 0.5) is 0 Å². The van der Waals surface area contributed by atoms with E-state index in [0.717, 1.165) is 5.39 Å². The summed E-state index contributed by atoms with van der Waals surface area (Å²) in [6.45, 7) is 1.35. The van der Waals surface area contributed by atoms with E-state index in [9.17, 15) is 9.59 Å². The van der Waals surface area contributed by atoms with E-state index >= 15 is 0 Å². The molecule has 6 nitrogen and oxygen atoms in total. The number of halogens is 1. The molecule has 3 rings (SSSR count). The van der Waals surface area contributed by atoms with E-state index < -0.39 is 11.5 Å². The summed E-state index contributed by atoms with van der Waals surface area (Å²) in [5, 5.41) is 5.12. The minimum atomic E-state index is -0.522. The first-order chi connectivity index (χ1) is 12.5. The molecule has 0 aliphatic carbocycles. The fraction of sp³-hybridized carbons (Fsp3) is 0.105. The smallest absolute Gasteiger partial charge is 0.345 e. The molecule has 1 amide bonds. The number of fused-ring (bicyclic) bond motifs is 1. The molecule has 1 heterocycles. The fourth-order valence-electron chi connectivity index (χ4n) is 2.26. The minimum Gasteiger partial charge on any atom is -0.482 e. The molecule has 0 saturated heterocycles. The predicted molar refractivity (Wildman–Crippen MR) is 99.8 cm³/mol. The van der Waals surface area contributed by atoms with E-state index in [1.54, 1.807) is 49.4 Å². The minimum absolute atomic E-state index is 0.257. The Kier molecular flexibility index (Phi) is 5.34. The molecular weight excluding hydrogens is 356 g/mol. The van der Waals surface area contributed by atoms with Gasteiger partial charge in [0.2, 0.25) is 0 Å². The third-order valence-electron chi connectivity index (χ3n) is 3.57. The van der Waals surface area contributed by atoms with Gasteiger partial charge in [-0.1, -0.05) is 41.9 Å². The number of rotatable bonds is 5. The SMILES string of the molecule is C/C(=N/NC(=O)COc1ccccc1Cl)c1cc2ccccc2oc1=O. The van der Waals surface area contributed by atoms with Gasteiger partial charge in [0.15, 0.2) is 6.61 Å². The molecule has 7 heteroatoms. The highest BCUT2D eigenvalue weighted by Crippen LogP contribution is 2.22. The van der Waals surface area contributed by atoms with Crippen LogP contribution in [0, 0.1) is 0 Å². The number of carbonyl (C=O) groups is 1. The van der Waals surface area contributed by atoms with Crippen molar-refractivity contribution in [1.82, 2.24) is 5.43 Å². The van der Waals surface area contributed by atoms with Crippen LogP contribution in [0.5, 0.6) is 5.75 Å². The number of hydrazone groups is 1. The van der Waals surface area contributed by atoms with Gasteiger partial charge in [0.25, 0.3) is 5.91 Å². The summed E-state index contributed by atoms with van der Waals surface area (Å²) in [5.41, 5.74) is 2.92. The molecule has 0 bridgehead atoms. The standard InChI is InChI=1S/C19H15ClN2O4/c1-12(14-10-13-6-2-4-8-16(13)26-19(14)24)21-22-18(23)11-25-17-9-5-3-7-15(17)20/h2-10H,11H2,1H3,(H,22,23)/b21-12-. The monoisotopic (exact) mass is 370 g/mol. The zero-order valence-electron chi connectivity index (χ0n) is 13.9. The number of nitrogens with one attached hydrogen (secondary N) is 1. The molecule has 0 fully saturated rings. The number of carbonyl (C=O) groups excluding carboxylic acids is 1. The van der Waals surface area contributed by atoms with Crippen molar-refractivity contribution >= 4 is 34.2 Å². The van der Waals surface area contributed by atoms with Crippen LogP contribution in [0.1, 0.15) is 12.5 Å². The second-order valence-electron chi connectivity index (χ2n) is 5.44. The Labute approximate surface area is 154 Å². The van der Waals surface area contributed by atoms with Crippen molar-refractivity contribution in [2.75, 3.05) is 6.61 Å². The largest absolute Gasteiger partial charge is 0.482 e. The van der Waals surface area contributed by atoms with Gasteiger partial charge in [0.05, 0.1) is 16.3 Å². The maximum absolute atomic E-state index is 12.1. The number of hydrogen-bond donors (Lipinski definition) is 1. The van der Waals surface area contributed by atoms with Gasteiger partial charge in [-0.2, -0.15) is 5.10 Å². The van der Waals surface area contributed by atoms with Crippen LogP contribution >= 0.6 is 11.6 Å². The first-order valence-corrected chi connectivity index (χ1v) is 8.16. The first-order valence-electron chi connectivity index (χ1n) is 7.78. The number of amides is 1. The number of ether oxygens (including phenoxy) is 1. The quantitative estimate of drug-likeness (QED) is 0.424. The molecule has 132 valence electrons. The first kappa shape index (κ1) is 17.7. The van der Waals surface area contributed by atoms with Crippen molar-refractivity contribution < 1.29 is 13.9 Å². The van der Waals surface area contributed by atoms with Crippen molar-refractivity contribution in [3.05, 3.63) is 75.6 Å².